The summed E-state index contributed by atoms with van der Waals surface area (Å²) in [6.45, 7) is 2.66. The van der Waals surface area contributed by atoms with Gasteiger partial charge in [0.25, 0.3) is 0 Å². The highest BCUT2D eigenvalue weighted by Crippen LogP contribution is 2.12. The predicted octanol–water partition coefficient (Wildman–Crippen LogP) is 5.81. The van der Waals surface area contributed by atoms with Gasteiger partial charge >= 0.3 is 11.9 Å². The topological polar surface area (TPSA) is 93.1 Å². The van der Waals surface area contributed by atoms with E-state index >= 15 is 0 Å². The van der Waals surface area contributed by atoms with Crippen molar-refractivity contribution in [3.8, 4) is 11.8 Å². The molecular formula is C27H40O6. The number of aliphatic carboxylic acids is 2. The lowest BCUT2D eigenvalue weighted by Crippen LogP contribution is -2.17. The Morgan fingerprint density at radius 3 is 1.82 bits per heavy atom. The van der Waals surface area contributed by atoms with Gasteiger partial charge in [0, 0.05) is 18.4 Å². The Balaban J connectivity index is 2.43. The zero-order valence-corrected chi connectivity index (χ0v) is 20.0. The number of hydrogen-bond acceptors (Lipinski definition) is 4. The largest absolute Gasteiger partial charge is 0.481 e. The first-order chi connectivity index (χ1) is 16.0. The monoisotopic (exact) mass is 460 g/mol. The third-order valence-corrected chi connectivity index (χ3v) is 5.22. The summed E-state index contributed by atoms with van der Waals surface area (Å²) >= 11 is 0. The van der Waals surface area contributed by atoms with E-state index in [9.17, 15) is 9.59 Å². The Bertz CT molecular complexity index is 694. The molecule has 0 amide bonds. The van der Waals surface area contributed by atoms with Gasteiger partial charge in [0.1, 0.15) is 0 Å². The van der Waals surface area contributed by atoms with Gasteiger partial charge in [-0.1, -0.05) is 69.9 Å². The molecule has 0 bridgehead atoms. The van der Waals surface area contributed by atoms with Crippen LogP contribution in [0.25, 0.3) is 0 Å². The quantitative estimate of drug-likeness (QED) is 0.154. The third-order valence-electron chi connectivity index (χ3n) is 5.22. The van der Waals surface area contributed by atoms with Gasteiger partial charge in [0.2, 0.25) is 6.29 Å². The minimum absolute atomic E-state index is 0.0134. The van der Waals surface area contributed by atoms with E-state index in [4.69, 9.17) is 19.7 Å². The van der Waals surface area contributed by atoms with Gasteiger partial charge in [0.15, 0.2) is 0 Å². The number of carboxylic acid groups (broad SMARTS) is 2. The first-order valence-electron chi connectivity index (χ1n) is 12.3. The highest BCUT2D eigenvalue weighted by molar-refractivity contribution is 5.66. The summed E-state index contributed by atoms with van der Waals surface area (Å²) in [5, 5.41) is 17.5. The lowest BCUT2D eigenvalue weighted by Gasteiger charge is -2.12. The summed E-state index contributed by atoms with van der Waals surface area (Å²) in [5.74, 6) is 4.20. The lowest BCUT2D eigenvalue weighted by atomic mass is 10.0. The number of unbranched alkanes of at least 4 members (excludes halogenated alkanes) is 7. The Morgan fingerprint density at radius 2 is 1.30 bits per heavy atom. The minimum Gasteiger partial charge on any atom is -0.481 e. The summed E-state index contributed by atoms with van der Waals surface area (Å²) in [6.07, 6.45) is 11.5. The van der Waals surface area contributed by atoms with E-state index in [1.807, 2.05) is 12.1 Å². The molecule has 0 saturated carbocycles. The Morgan fingerprint density at radius 1 is 0.788 bits per heavy atom. The van der Waals surface area contributed by atoms with Crippen LogP contribution in [0.1, 0.15) is 95.1 Å². The van der Waals surface area contributed by atoms with Crippen LogP contribution < -0.4 is 0 Å². The number of aryl methyl sites for hydroxylation is 1. The van der Waals surface area contributed by atoms with E-state index in [1.54, 1.807) is 0 Å². The second-order valence-corrected chi connectivity index (χ2v) is 8.26. The molecule has 0 heterocycles. The fourth-order valence-corrected chi connectivity index (χ4v) is 3.32. The molecule has 0 unspecified atom stereocenters. The van der Waals surface area contributed by atoms with Crippen molar-refractivity contribution in [2.75, 3.05) is 13.2 Å². The molecule has 184 valence electrons. The molecular weight excluding hydrogens is 420 g/mol. The van der Waals surface area contributed by atoms with Gasteiger partial charge in [-0.25, -0.2) is 0 Å². The second kappa shape index (κ2) is 19.1. The normalized spacial score (nSPS) is 10.7. The summed E-state index contributed by atoms with van der Waals surface area (Å²) in [4.78, 5) is 21.3. The third kappa shape index (κ3) is 16.9. The minimum atomic E-state index is -0.879. The van der Waals surface area contributed by atoms with Crippen molar-refractivity contribution in [3.05, 3.63) is 35.4 Å². The van der Waals surface area contributed by atoms with Crippen molar-refractivity contribution in [3.63, 3.8) is 0 Å². The van der Waals surface area contributed by atoms with Crippen LogP contribution in [0.3, 0.4) is 0 Å². The summed E-state index contributed by atoms with van der Waals surface area (Å²) in [5.41, 5.74) is 2.15. The number of benzene rings is 1. The van der Waals surface area contributed by atoms with Crippen molar-refractivity contribution in [2.24, 2.45) is 0 Å². The second-order valence-electron chi connectivity index (χ2n) is 8.26. The number of ether oxygens (including phenoxy) is 2. The highest BCUT2D eigenvalue weighted by atomic mass is 16.7. The maximum absolute atomic E-state index is 10.6. The van der Waals surface area contributed by atoms with E-state index in [-0.39, 0.29) is 26.1 Å². The Labute approximate surface area is 198 Å². The molecule has 0 aliphatic heterocycles. The molecule has 0 aliphatic carbocycles. The van der Waals surface area contributed by atoms with Crippen LogP contribution in [0.2, 0.25) is 0 Å². The fraction of sp³-hybridized carbons (Fsp3) is 0.630. The SMILES string of the molecule is CCCCCCCCCCc1ccc(C#CC(OCCCC(=O)O)OCCCC(=O)O)cc1. The van der Waals surface area contributed by atoms with Gasteiger partial charge in [-0.3, -0.25) is 9.59 Å². The Kier molecular flexibility index (Phi) is 16.6. The van der Waals surface area contributed by atoms with Crippen molar-refractivity contribution in [1.29, 1.82) is 0 Å². The predicted molar refractivity (Wildman–Crippen MR) is 129 cm³/mol. The molecule has 0 aliphatic rings. The van der Waals surface area contributed by atoms with Crippen molar-refractivity contribution in [2.45, 2.75) is 96.7 Å². The highest BCUT2D eigenvalue weighted by Gasteiger charge is 2.07. The molecule has 6 heteroatoms. The molecule has 1 rings (SSSR count). The zero-order valence-electron chi connectivity index (χ0n) is 20.0. The van der Waals surface area contributed by atoms with E-state index in [0.717, 1.165) is 12.0 Å². The van der Waals surface area contributed by atoms with E-state index in [1.165, 1.54) is 56.9 Å². The maximum Gasteiger partial charge on any atom is 0.303 e. The number of carbonyl (C=O) groups is 2. The van der Waals surface area contributed by atoms with Crippen molar-refractivity contribution < 1.29 is 29.3 Å². The van der Waals surface area contributed by atoms with Crippen LogP contribution in [0, 0.1) is 11.8 Å². The number of rotatable bonds is 19. The molecule has 0 spiro atoms. The molecule has 0 aromatic heterocycles. The first-order valence-corrected chi connectivity index (χ1v) is 12.3. The summed E-state index contributed by atoms with van der Waals surface area (Å²) < 4.78 is 11.1. The van der Waals surface area contributed by atoms with E-state index < -0.39 is 18.2 Å². The fourth-order valence-electron chi connectivity index (χ4n) is 3.32. The van der Waals surface area contributed by atoms with Crippen molar-refractivity contribution in [1.82, 2.24) is 0 Å². The van der Waals surface area contributed by atoms with Crippen LogP contribution in [0.5, 0.6) is 0 Å². The maximum atomic E-state index is 10.6. The van der Waals surface area contributed by atoms with Crippen LogP contribution in [-0.2, 0) is 25.5 Å². The molecule has 6 nitrogen and oxygen atoms in total. The van der Waals surface area contributed by atoms with E-state index in [2.05, 4.69) is 30.9 Å². The van der Waals surface area contributed by atoms with Gasteiger partial charge in [-0.2, -0.15) is 0 Å². The van der Waals surface area contributed by atoms with Crippen LogP contribution in [0.15, 0.2) is 24.3 Å². The van der Waals surface area contributed by atoms with Gasteiger partial charge in [-0.05, 0) is 49.3 Å². The molecule has 0 saturated heterocycles. The summed E-state index contributed by atoms with van der Waals surface area (Å²) in [6, 6.07) is 8.17. The smallest absolute Gasteiger partial charge is 0.303 e. The number of carboxylic acids is 2. The van der Waals surface area contributed by atoms with Crippen LogP contribution in [0.4, 0.5) is 0 Å². The first kappa shape index (κ1) is 28.7. The number of hydrogen-bond donors (Lipinski definition) is 2. The molecule has 1 aromatic carbocycles. The van der Waals surface area contributed by atoms with Gasteiger partial charge in [-0.15, -0.1) is 0 Å². The molecule has 1 aromatic rings. The lowest BCUT2D eigenvalue weighted by molar-refractivity contribution is -0.139. The van der Waals surface area contributed by atoms with Crippen LogP contribution in [-0.4, -0.2) is 41.7 Å². The van der Waals surface area contributed by atoms with Gasteiger partial charge < -0.3 is 19.7 Å². The average Bonchev–Trinajstić information content (AvgIpc) is 2.79. The van der Waals surface area contributed by atoms with E-state index in [0.29, 0.717) is 12.8 Å². The molecule has 0 fully saturated rings. The average molecular weight is 461 g/mol. The van der Waals surface area contributed by atoms with Crippen LogP contribution >= 0.6 is 0 Å². The standard InChI is InChI=1S/C27H40O6/c1-2-3-4-5-6-7-8-9-12-23-15-17-24(18-16-23)19-20-27(32-21-10-13-25(28)29)33-22-11-14-26(30)31/h15-18,27H,2-14,21-22H2,1H3,(H,28,29)(H,30,31). The molecule has 2 N–H and O–H groups in total. The van der Waals surface area contributed by atoms with Gasteiger partial charge in [0.05, 0.1) is 13.2 Å². The molecule has 0 atom stereocenters. The Hall–Kier alpha value is -2.36. The summed E-state index contributed by atoms with van der Waals surface area (Å²) in [7, 11) is 0. The zero-order chi connectivity index (χ0) is 24.2. The molecule has 0 radical (unpaired) electrons. The molecule has 33 heavy (non-hydrogen) atoms. The van der Waals surface area contributed by atoms with Crippen molar-refractivity contribution >= 4 is 11.9 Å².